The molecular weight excluding hydrogens is 492 g/mol. The molecule has 0 spiro atoms. The summed E-state index contributed by atoms with van der Waals surface area (Å²) in [5, 5.41) is 3.38. The molecule has 4 aliphatic carbocycles. The van der Waals surface area contributed by atoms with E-state index >= 15 is 0 Å². The molecule has 1 aliphatic heterocycles. The van der Waals surface area contributed by atoms with E-state index in [4.69, 9.17) is 11.6 Å². The lowest BCUT2D eigenvalue weighted by molar-refractivity contribution is -0.124. The summed E-state index contributed by atoms with van der Waals surface area (Å²) in [6.07, 6.45) is 5.47. The first kappa shape index (κ1) is 20.2. The Morgan fingerprint density at radius 1 is 1.03 bits per heavy atom. The largest absolute Gasteiger partial charge is 0.322 e. The molecule has 6 atom stereocenters. The maximum atomic E-state index is 13.2. The number of imide groups is 1. The number of hydrogen-bond donors (Lipinski definition) is 1. The van der Waals surface area contributed by atoms with E-state index in [1.165, 1.54) is 4.90 Å². The fourth-order valence-electron chi connectivity index (χ4n) is 5.95. The van der Waals surface area contributed by atoms with E-state index in [2.05, 4.69) is 33.4 Å². The van der Waals surface area contributed by atoms with Gasteiger partial charge in [-0.3, -0.25) is 19.3 Å². The van der Waals surface area contributed by atoms with Crippen LogP contribution in [-0.4, -0.2) is 17.7 Å². The van der Waals surface area contributed by atoms with Crippen LogP contribution in [0.5, 0.6) is 0 Å². The SMILES string of the molecule is Cc1cc(Br)c(Cl)cc1NC(=O)c1ccc(N2C(=O)[C@@H]3[C@H]4C=C[C@H]([C@H]5C[C@H]45)[C@@H]3C2=O)cc1. The highest BCUT2D eigenvalue weighted by Crippen LogP contribution is 2.65. The van der Waals surface area contributed by atoms with E-state index in [0.29, 0.717) is 33.8 Å². The fourth-order valence-corrected chi connectivity index (χ4v) is 6.57. The molecule has 162 valence electrons. The van der Waals surface area contributed by atoms with Crippen molar-refractivity contribution >= 4 is 56.6 Å². The van der Waals surface area contributed by atoms with Gasteiger partial charge >= 0.3 is 0 Å². The van der Waals surface area contributed by atoms with Crippen molar-refractivity contribution in [1.29, 1.82) is 0 Å². The summed E-state index contributed by atoms with van der Waals surface area (Å²) in [5.74, 6) is 0.611. The van der Waals surface area contributed by atoms with E-state index in [-0.39, 0.29) is 41.4 Å². The van der Waals surface area contributed by atoms with E-state index in [1.54, 1.807) is 30.3 Å². The van der Waals surface area contributed by atoms with Gasteiger partial charge in [0.2, 0.25) is 11.8 Å². The lowest BCUT2D eigenvalue weighted by Crippen LogP contribution is -2.40. The molecule has 2 saturated carbocycles. The van der Waals surface area contributed by atoms with Gasteiger partial charge in [0.15, 0.2) is 0 Å². The van der Waals surface area contributed by atoms with E-state index < -0.39 is 0 Å². The third-order valence-corrected chi connectivity index (χ3v) is 8.76. The van der Waals surface area contributed by atoms with Crippen LogP contribution in [0.3, 0.4) is 0 Å². The van der Waals surface area contributed by atoms with Crippen LogP contribution < -0.4 is 10.2 Å². The second-order valence-electron chi connectivity index (χ2n) is 9.25. The number of nitrogens with zero attached hydrogens (tertiary/aromatic N) is 1. The Kier molecular flexibility index (Phi) is 4.43. The summed E-state index contributed by atoms with van der Waals surface area (Å²) >= 11 is 9.52. The van der Waals surface area contributed by atoms with Crippen LogP contribution in [0.2, 0.25) is 5.02 Å². The first-order chi connectivity index (χ1) is 15.3. The summed E-state index contributed by atoms with van der Waals surface area (Å²) in [6, 6.07) is 10.2. The minimum atomic E-state index is -0.284. The van der Waals surface area contributed by atoms with Gasteiger partial charge in [-0.2, -0.15) is 0 Å². The molecule has 5 aliphatic rings. The average molecular weight is 512 g/mol. The van der Waals surface area contributed by atoms with Crippen molar-refractivity contribution in [3.05, 3.63) is 69.2 Å². The highest BCUT2D eigenvalue weighted by atomic mass is 79.9. The number of aryl methyl sites for hydroxylation is 1. The van der Waals surface area contributed by atoms with E-state index in [9.17, 15) is 14.4 Å². The molecule has 1 N–H and O–H groups in total. The molecule has 7 heteroatoms. The van der Waals surface area contributed by atoms with Crippen molar-refractivity contribution in [3.63, 3.8) is 0 Å². The van der Waals surface area contributed by atoms with E-state index in [1.807, 2.05) is 13.0 Å². The molecule has 3 amide bonds. The number of carbonyl (C=O) groups excluding carboxylic acids is 3. The Labute approximate surface area is 198 Å². The number of halogens is 2. The van der Waals surface area contributed by atoms with Gasteiger partial charge in [0, 0.05) is 15.7 Å². The molecule has 7 rings (SSSR count). The Bertz CT molecular complexity index is 1190. The minimum Gasteiger partial charge on any atom is -0.322 e. The maximum Gasteiger partial charge on any atom is 0.255 e. The summed E-state index contributed by atoms with van der Waals surface area (Å²) in [5.41, 5.74) is 2.47. The Morgan fingerprint density at radius 2 is 1.62 bits per heavy atom. The number of hydrogen-bond acceptors (Lipinski definition) is 3. The maximum absolute atomic E-state index is 13.2. The first-order valence-electron chi connectivity index (χ1n) is 10.8. The van der Waals surface area contributed by atoms with Crippen molar-refractivity contribution in [2.75, 3.05) is 10.2 Å². The standard InChI is InChI=1S/C25H20BrClN2O3/c1-11-8-18(26)19(27)10-20(11)28-23(30)12-2-4-13(5-3-12)29-24(31)21-14-6-7-15(17-9-16(14)17)22(21)25(29)32/h2-8,10,14-17,21-22H,9H2,1H3,(H,28,30)/t14-,15+,16-,17-,21+,22-/m1/s1. The number of benzene rings is 2. The van der Waals surface area contributed by atoms with Gasteiger partial charge in [-0.25, -0.2) is 0 Å². The van der Waals surface area contributed by atoms with E-state index in [0.717, 1.165) is 16.5 Å². The summed E-state index contributed by atoms with van der Waals surface area (Å²) in [4.78, 5) is 40.6. The van der Waals surface area contributed by atoms with Gasteiger partial charge in [0.1, 0.15) is 0 Å². The summed E-state index contributed by atoms with van der Waals surface area (Å²) in [6.45, 7) is 1.88. The minimum absolute atomic E-state index is 0.0953. The van der Waals surface area contributed by atoms with Gasteiger partial charge in [0.05, 0.1) is 22.5 Å². The Hall–Kier alpha value is -2.44. The lowest BCUT2D eigenvalue weighted by atomic mass is 9.63. The third-order valence-electron chi connectivity index (χ3n) is 7.57. The van der Waals surface area contributed by atoms with Crippen LogP contribution in [0.1, 0.15) is 22.3 Å². The molecule has 3 fully saturated rings. The van der Waals surface area contributed by atoms with Crippen molar-refractivity contribution < 1.29 is 14.4 Å². The number of amides is 3. The Balaban J connectivity index is 1.23. The molecule has 2 aromatic rings. The average Bonchev–Trinajstić information content (AvgIpc) is 3.55. The van der Waals surface area contributed by atoms with Crippen molar-refractivity contribution in [2.24, 2.45) is 35.5 Å². The zero-order valence-corrected chi connectivity index (χ0v) is 19.6. The second kappa shape index (κ2) is 7.03. The van der Waals surface area contributed by atoms with Gasteiger partial charge in [-0.15, -0.1) is 0 Å². The number of carbonyl (C=O) groups is 3. The van der Waals surface area contributed by atoms with Crippen LogP contribution in [0.25, 0.3) is 0 Å². The van der Waals surface area contributed by atoms with Crippen LogP contribution in [-0.2, 0) is 9.59 Å². The van der Waals surface area contributed by atoms with Crippen LogP contribution in [0.4, 0.5) is 11.4 Å². The molecule has 1 heterocycles. The molecular formula is C25H20BrClN2O3. The van der Waals surface area contributed by atoms with Crippen molar-refractivity contribution in [2.45, 2.75) is 13.3 Å². The van der Waals surface area contributed by atoms with Crippen LogP contribution >= 0.6 is 27.5 Å². The normalized spacial score (nSPS) is 31.5. The predicted octanol–water partition coefficient (Wildman–Crippen LogP) is 5.22. The predicted molar refractivity (Wildman–Crippen MR) is 125 cm³/mol. The second-order valence-corrected chi connectivity index (χ2v) is 10.5. The lowest BCUT2D eigenvalue weighted by Gasteiger charge is -2.37. The monoisotopic (exact) mass is 510 g/mol. The van der Waals surface area contributed by atoms with Gasteiger partial charge in [-0.1, -0.05) is 23.8 Å². The van der Waals surface area contributed by atoms with Crippen LogP contribution in [0.15, 0.2) is 53.0 Å². The van der Waals surface area contributed by atoms with Crippen LogP contribution in [0, 0.1) is 42.4 Å². The molecule has 0 aromatic heterocycles. The topological polar surface area (TPSA) is 66.5 Å². The summed E-state index contributed by atoms with van der Waals surface area (Å²) < 4.78 is 0.764. The molecule has 5 nitrogen and oxygen atoms in total. The molecule has 0 radical (unpaired) electrons. The van der Waals surface area contributed by atoms with Gasteiger partial charge < -0.3 is 5.32 Å². The van der Waals surface area contributed by atoms with Gasteiger partial charge in [-0.05, 0) is 94.9 Å². The number of nitrogens with one attached hydrogen (secondary N) is 1. The van der Waals surface area contributed by atoms with Gasteiger partial charge in [0.25, 0.3) is 5.91 Å². The zero-order chi connectivity index (χ0) is 22.3. The quantitative estimate of drug-likeness (QED) is 0.454. The number of anilines is 2. The molecule has 2 aromatic carbocycles. The molecule has 2 bridgehead atoms. The third kappa shape index (κ3) is 2.85. The van der Waals surface area contributed by atoms with Crippen molar-refractivity contribution in [3.8, 4) is 0 Å². The molecule has 32 heavy (non-hydrogen) atoms. The molecule has 1 saturated heterocycles. The number of rotatable bonds is 3. The highest BCUT2D eigenvalue weighted by molar-refractivity contribution is 9.10. The molecule has 0 unspecified atom stereocenters. The highest BCUT2D eigenvalue weighted by Gasteiger charge is 2.67. The van der Waals surface area contributed by atoms with Crippen molar-refractivity contribution in [1.82, 2.24) is 0 Å². The zero-order valence-electron chi connectivity index (χ0n) is 17.2. The first-order valence-corrected chi connectivity index (χ1v) is 12.0. The fraction of sp³-hybridized carbons (Fsp3) is 0.320. The summed E-state index contributed by atoms with van der Waals surface area (Å²) in [7, 11) is 0. The Morgan fingerprint density at radius 3 is 2.22 bits per heavy atom. The smallest absolute Gasteiger partial charge is 0.255 e. The number of allylic oxidation sites excluding steroid dienone is 2.